The van der Waals surface area contributed by atoms with E-state index in [2.05, 4.69) is 43.0 Å². The van der Waals surface area contributed by atoms with E-state index < -0.39 is 16.9 Å². The number of hydrogen-bond acceptors (Lipinski definition) is 5. The molecular weight excluding hydrogens is 402 g/mol. The van der Waals surface area contributed by atoms with Crippen molar-refractivity contribution in [3.05, 3.63) is 54.1 Å². The molecule has 0 amide bonds. The van der Waals surface area contributed by atoms with Crippen LogP contribution in [0.25, 0.3) is 11.1 Å². The van der Waals surface area contributed by atoms with Gasteiger partial charge in [-0.25, -0.2) is 0 Å². The van der Waals surface area contributed by atoms with Crippen molar-refractivity contribution in [1.82, 2.24) is 4.90 Å². The number of Topliss-reactive ketones (excluding diaryl/α,β-unsaturated/α-hetero) is 1. The number of aliphatic hydroxyl groups is 2. The summed E-state index contributed by atoms with van der Waals surface area (Å²) in [7, 11) is 1.67. The Bertz CT molecular complexity index is 956. The summed E-state index contributed by atoms with van der Waals surface area (Å²) in [5, 5.41) is 21.7. The van der Waals surface area contributed by atoms with Crippen molar-refractivity contribution in [3.63, 3.8) is 0 Å². The molecular formula is C27H35NO4. The third-order valence-corrected chi connectivity index (χ3v) is 7.20. The Morgan fingerprint density at radius 1 is 1.06 bits per heavy atom. The van der Waals surface area contributed by atoms with Crippen molar-refractivity contribution >= 4 is 5.78 Å². The van der Waals surface area contributed by atoms with Gasteiger partial charge in [-0.1, -0.05) is 56.3 Å². The average molecular weight is 438 g/mol. The van der Waals surface area contributed by atoms with Gasteiger partial charge >= 0.3 is 0 Å². The fourth-order valence-corrected chi connectivity index (χ4v) is 6.07. The maximum Gasteiger partial charge on any atom is 0.134 e. The Morgan fingerprint density at radius 2 is 1.72 bits per heavy atom. The molecule has 1 aliphatic heterocycles. The first-order chi connectivity index (χ1) is 15.3. The lowest BCUT2D eigenvalue weighted by Gasteiger charge is -2.58. The smallest absolute Gasteiger partial charge is 0.134 e. The standard InChI is InChI=1S/C27H35NO4/c1-19(2)15-28-16-26(13-22(30)14-27(17-28,18-29)25(26)31)12-20-8-10-21(11-9-20)23-6-4-5-7-24(23)32-3/h4-11,19,25,29,31H,12-18H2,1-3H3. The molecule has 1 aliphatic carbocycles. The fraction of sp³-hybridized carbons (Fsp3) is 0.519. The number of ether oxygens (including phenoxy) is 1. The molecule has 172 valence electrons. The van der Waals surface area contributed by atoms with Crippen LogP contribution in [0.4, 0.5) is 0 Å². The number of hydrogen-bond donors (Lipinski definition) is 2. The second kappa shape index (κ2) is 8.97. The predicted molar refractivity (Wildman–Crippen MR) is 126 cm³/mol. The Balaban J connectivity index is 1.64. The van der Waals surface area contributed by atoms with E-state index in [0.717, 1.165) is 29.0 Å². The fourth-order valence-electron chi connectivity index (χ4n) is 6.07. The van der Waals surface area contributed by atoms with Crippen molar-refractivity contribution < 1.29 is 19.7 Å². The quantitative estimate of drug-likeness (QED) is 0.693. The molecule has 1 saturated carbocycles. The lowest BCUT2D eigenvalue weighted by atomic mass is 9.55. The van der Waals surface area contributed by atoms with Crippen molar-refractivity contribution in [1.29, 1.82) is 0 Å². The average Bonchev–Trinajstić information content (AvgIpc) is 2.76. The number of rotatable bonds is 7. The number of benzene rings is 2. The number of carbonyl (C=O) groups is 1. The molecule has 5 heteroatoms. The maximum absolute atomic E-state index is 12.8. The van der Waals surface area contributed by atoms with Crippen molar-refractivity contribution in [3.8, 4) is 16.9 Å². The lowest BCUT2D eigenvalue weighted by Crippen LogP contribution is -2.68. The van der Waals surface area contributed by atoms with Crippen LogP contribution in [-0.2, 0) is 11.2 Å². The van der Waals surface area contributed by atoms with Gasteiger partial charge < -0.3 is 19.8 Å². The molecule has 0 radical (unpaired) electrons. The van der Waals surface area contributed by atoms with E-state index >= 15 is 0 Å². The number of nitrogens with zero attached hydrogens (tertiary/aromatic N) is 1. The van der Waals surface area contributed by atoms with E-state index in [1.54, 1.807) is 7.11 Å². The van der Waals surface area contributed by atoms with Crippen LogP contribution in [0.2, 0.25) is 0 Å². The molecule has 2 N–H and O–H groups in total. The molecule has 3 unspecified atom stereocenters. The van der Waals surface area contributed by atoms with E-state index in [-0.39, 0.29) is 18.8 Å². The summed E-state index contributed by atoms with van der Waals surface area (Å²) >= 11 is 0. The summed E-state index contributed by atoms with van der Waals surface area (Å²) in [6, 6.07) is 16.3. The first-order valence-electron chi connectivity index (χ1n) is 11.6. The van der Waals surface area contributed by atoms with E-state index in [9.17, 15) is 15.0 Å². The van der Waals surface area contributed by atoms with Gasteiger partial charge in [-0.05, 0) is 29.5 Å². The zero-order valence-corrected chi connectivity index (χ0v) is 19.4. The van der Waals surface area contributed by atoms with Gasteiger partial charge in [0.25, 0.3) is 0 Å². The highest BCUT2D eigenvalue weighted by Gasteiger charge is 2.59. The summed E-state index contributed by atoms with van der Waals surface area (Å²) in [5.41, 5.74) is 1.86. The van der Waals surface area contributed by atoms with Gasteiger partial charge in [0, 0.05) is 48.9 Å². The van der Waals surface area contributed by atoms with Crippen LogP contribution < -0.4 is 4.74 Å². The van der Waals surface area contributed by atoms with E-state index in [1.807, 2.05) is 24.3 Å². The summed E-state index contributed by atoms with van der Waals surface area (Å²) in [6.07, 6.45) is 0.532. The normalized spacial score (nSPS) is 28.2. The highest BCUT2D eigenvalue weighted by Crippen LogP contribution is 2.51. The third kappa shape index (κ3) is 4.21. The van der Waals surface area contributed by atoms with Crippen molar-refractivity contribution in [2.75, 3.05) is 33.4 Å². The molecule has 3 atom stereocenters. The lowest BCUT2D eigenvalue weighted by molar-refractivity contribution is -0.186. The minimum atomic E-state index is -0.764. The second-order valence-electron chi connectivity index (χ2n) is 10.3. The van der Waals surface area contributed by atoms with Gasteiger partial charge in [0.2, 0.25) is 0 Å². The van der Waals surface area contributed by atoms with Crippen LogP contribution in [-0.4, -0.2) is 60.4 Å². The van der Waals surface area contributed by atoms with Crippen LogP contribution in [0, 0.1) is 16.7 Å². The van der Waals surface area contributed by atoms with Gasteiger partial charge in [-0.15, -0.1) is 0 Å². The Labute approximate surface area is 191 Å². The second-order valence-corrected chi connectivity index (χ2v) is 10.3. The molecule has 1 heterocycles. The highest BCUT2D eigenvalue weighted by atomic mass is 16.5. The van der Waals surface area contributed by atoms with E-state index in [4.69, 9.17) is 4.74 Å². The number of likely N-dealkylation sites (tertiary alicyclic amines) is 1. The van der Waals surface area contributed by atoms with Crippen molar-refractivity contribution in [2.24, 2.45) is 16.7 Å². The predicted octanol–water partition coefficient (Wildman–Crippen LogP) is 3.57. The molecule has 5 nitrogen and oxygen atoms in total. The molecule has 1 saturated heterocycles. The van der Waals surface area contributed by atoms with Crippen molar-refractivity contribution in [2.45, 2.75) is 39.2 Å². The molecule has 2 aromatic carbocycles. The summed E-state index contributed by atoms with van der Waals surface area (Å²) in [6.45, 7) is 6.35. The number of ketones is 1. The van der Waals surface area contributed by atoms with Gasteiger partial charge in [0.1, 0.15) is 11.5 Å². The molecule has 0 aromatic heterocycles. The van der Waals surface area contributed by atoms with Crippen LogP contribution in [0.15, 0.2) is 48.5 Å². The van der Waals surface area contributed by atoms with E-state index in [0.29, 0.717) is 31.8 Å². The number of aliphatic hydroxyl groups excluding tert-OH is 2. The maximum atomic E-state index is 12.8. The highest BCUT2D eigenvalue weighted by molar-refractivity contribution is 5.81. The van der Waals surface area contributed by atoms with Gasteiger partial charge in [0.15, 0.2) is 0 Å². The number of fused-ring (bicyclic) bond motifs is 2. The van der Waals surface area contributed by atoms with E-state index in [1.165, 1.54) is 0 Å². The first-order valence-corrected chi connectivity index (χ1v) is 11.6. The summed E-state index contributed by atoms with van der Waals surface area (Å²) in [5.74, 6) is 1.46. The minimum absolute atomic E-state index is 0.152. The Morgan fingerprint density at radius 3 is 2.38 bits per heavy atom. The van der Waals surface area contributed by atoms with Crippen LogP contribution >= 0.6 is 0 Å². The zero-order valence-electron chi connectivity index (χ0n) is 19.4. The SMILES string of the molecule is COc1ccccc1-c1ccc(CC23CC(=O)CC(CO)(CN(CC(C)C)C2)C3O)cc1. The number of methoxy groups -OCH3 is 1. The van der Waals surface area contributed by atoms with Gasteiger partial charge in [-0.2, -0.15) is 0 Å². The largest absolute Gasteiger partial charge is 0.496 e. The number of carbonyl (C=O) groups excluding carboxylic acids is 1. The van der Waals surface area contributed by atoms with Crippen LogP contribution in [0.5, 0.6) is 5.75 Å². The number of piperidine rings is 1. The topological polar surface area (TPSA) is 70.0 Å². The first kappa shape index (κ1) is 23.0. The Kier molecular flexibility index (Phi) is 6.44. The third-order valence-electron chi connectivity index (χ3n) is 7.20. The zero-order chi connectivity index (χ0) is 22.9. The monoisotopic (exact) mass is 437 g/mol. The molecule has 32 heavy (non-hydrogen) atoms. The molecule has 0 spiro atoms. The molecule has 2 aliphatic rings. The molecule has 4 rings (SSSR count). The van der Waals surface area contributed by atoms with Crippen LogP contribution in [0.3, 0.4) is 0 Å². The Hall–Kier alpha value is -2.21. The number of para-hydroxylation sites is 1. The molecule has 2 bridgehead atoms. The summed E-state index contributed by atoms with van der Waals surface area (Å²) in [4.78, 5) is 15.1. The minimum Gasteiger partial charge on any atom is -0.496 e. The summed E-state index contributed by atoms with van der Waals surface area (Å²) < 4.78 is 5.50. The molecule has 2 fully saturated rings. The van der Waals surface area contributed by atoms with Crippen LogP contribution in [0.1, 0.15) is 32.3 Å². The van der Waals surface area contributed by atoms with Gasteiger partial charge in [-0.3, -0.25) is 4.79 Å². The van der Waals surface area contributed by atoms with Gasteiger partial charge in [0.05, 0.1) is 19.8 Å². The molecule has 2 aromatic rings.